The zero-order chi connectivity index (χ0) is 17.0. The Morgan fingerprint density at radius 2 is 1.78 bits per heavy atom. The van der Waals surface area contributed by atoms with Crippen LogP contribution in [-0.2, 0) is 9.53 Å². The van der Waals surface area contributed by atoms with Gasteiger partial charge in [-0.1, -0.05) is 40.9 Å². The molecule has 0 aromatic heterocycles. The zero-order valence-corrected chi connectivity index (χ0v) is 14.3. The molecule has 0 atom stereocenters. The molecular weight excluding hydrogens is 361 g/mol. The molecule has 0 saturated heterocycles. The van der Waals surface area contributed by atoms with Gasteiger partial charge in [-0.2, -0.15) is 0 Å². The average molecular weight is 373 g/mol. The molecule has 0 aliphatic carbocycles. The van der Waals surface area contributed by atoms with E-state index in [0.29, 0.717) is 15.7 Å². The summed E-state index contributed by atoms with van der Waals surface area (Å²) < 4.78 is 4.93. The molecule has 2 aromatic rings. The van der Waals surface area contributed by atoms with Crippen molar-refractivity contribution < 1.29 is 14.3 Å². The third-order valence-electron chi connectivity index (χ3n) is 2.94. The summed E-state index contributed by atoms with van der Waals surface area (Å²) in [5.41, 5.74) is 1.56. The second-order valence-corrected chi connectivity index (χ2v) is 5.96. The number of amides is 1. The van der Waals surface area contributed by atoms with Gasteiger partial charge >= 0.3 is 5.97 Å². The number of halogens is 3. The van der Waals surface area contributed by atoms with E-state index in [0.717, 1.165) is 5.56 Å². The summed E-state index contributed by atoms with van der Waals surface area (Å²) in [4.78, 5) is 23.7. The van der Waals surface area contributed by atoms with Crippen LogP contribution in [0.25, 0.3) is 0 Å². The van der Waals surface area contributed by atoms with Gasteiger partial charge in [0.2, 0.25) is 0 Å². The summed E-state index contributed by atoms with van der Waals surface area (Å²) in [6, 6.07) is 9.47. The first-order valence-corrected chi connectivity index (χ1v) is 7.68. The van der Waals surface area contributed by atoms with Gasteiger partial charge in [-0.25, -0.2) is 4.79 Å². The van der Waals surface area contributed by atoms with E-state index in [-0.39, 0.29) is 10.6 Å². The van der Waals surface area contributed by atoms with Crippen LogP contribution in [0, 0.1) is 6.92 Å². The molecule has 0 aliphatic rings. The van der Waals surface area contributed by atoms with Crippen LogP contribution < -0.4 is 5.32 Å². The van der Waals surface area contributed by atoms with Crippen molar-refractivity contribution in [3.05, 3.63) is 62.6 Å². The van der Waals surface area contributed by atoms with E-state index >= 15 is 0 Å². The third-order valence-corrected chi connectivity index (χ3v) is 3.90. The summed E-state index contributed by atoms with van der Waals surface area (Å²) >= 11 is 17.6. The molecule has 0 bridgehead atoms. The lowest BCUT2D eigenvalue weighted by Gasteiger charge is -2.08. The largest absolute Gasteiger partial charge is 0.452 e. The number of ether oxygens (including phenoxy) is 1. The molecule has 2 rings (SSSR count). The maximum Gasteiger partial charge on any atom is 0.340 e. The predicted octanol–water partition coefficient (Wildman–Crippen LogP) is 4.75. The lowest BCUT2D eigenvalue weighted by molar-refractivity contribution is -0.119. The van der Waals surface area contributed by atoms with E-state index in [4.69, 9.17) is 39.5 Å². The molecule has 0 unspecified atom stereocenters. The van der Waals surface area contributed by atoms with Crippen molar-refractivity contribution in [1.29, 1.82) is 0 Å². The highest BCUT2D eigenvalue weighted by Gasteiger charge is 2.14. The number of nitrogens with one attached hydrogen (secondary N) is 1. The Hall–Kier alpha value is -1.75. The lowest BCUT2D eigenvalue weighted by Crippen LogP contribution is -2.21. The molecule has 0 heterocycles. The van der Waals surface area contributed by atoms with Crippen molar-refractivity contribution in [2.24, 2.45) is 0 Å². The van der Waals surface area contributed by atoms with Crippen LogP contribution in [0.15, 0.2) is 36.4 Å². The van der Waals surface area contributed by atoms with Crippen LogP contribution in [-0.4, -0.2) is 18.5 Å². The topological polar surface area (TPSA) is 55.4 Å². The molecule has 1 amide bonds. The Labute approximate surface area is 148 Å². The second kappa shape index (κ2) is 7.68. The number of anilines is 1. The minimum atomic E-state index is -0.705. The Morgan fingerprint density at radius 1 is 1.04 bits per heavy atom. The predicted molar refractivity (Wildman–Crippen MR) is 91.6 cm³/mol. The fraction of sp³-hybridized carbons (Fsp3) is 0.125. The van der Waals surface area contributed by atoms with E-state index < -0.39 is 18.5 Å². The fourth-order valence-electron chi connectivity index (χ4n) is 1.73. The molecule has 2 aromatic carbocycles. The highest BCUT2D eigenvalue weighted by Crippen LogP contribution is 2.22. The number of hydrogen-bond acceptors (Lipinski definition) is 3. The standard InChI is InChI=1S/C16H12Cl3NO3/c1-9-2-4-11(7-13(9)18)20-15(21)8-23-16(22)12-5-3-10(17)6-14(12)19/h2-7H,8H2,1H3,(H,20,21). The first-order valence-electron chi connectivity index (χ1n) is 6.55. The van der Waals surface area contributed by atoms with Crippen molar-refractivity contribution >= 4 is 52.4 Å². The second-order valence-electron chi connectivity index (χ2n) is 4.71. The molecular formula is C16H12Cl3NO3. The first kappa shape index (κ1) is 17.6. The van der Waals surface area contributed by atoms with Crippen LogP contribution >= 0.6 is 34.8 Å². The van der Waals surface area contributed by atoms with Gasteiger partial charge in [0.05, 0.1) is 10.6 Å². The quantitative estimate of drug-likeness (QED) is 0.788. The van der Waals surface area contributed by atoms with Gasteiger partial charge in [0.25, 0.3) is 5.91 Å². The number of benzene rings is 2. The van der Waals surface area contributed by atoms with E-state index in [9.17, 15) is 9.59 Å². The minimum Gasteiger partial charge on any atom is -0.452 e. The third kappa shape index (κ3) is 4.86. The molecule has 1 N–H and O–H groups in total. The molecule has 0 spiro atoms. The van der Waals surface area contributed by atoms with Crippen LogP contribution in [0.3, 0.4) is 0 Å². The molecule has 0 aliphatic heterocycles. The molecule has 23 heavy (non-hydrogen) atoms. The van der Waals surface area contributed by atoms with Gasteiger partial charge in [-0.3, -0.25) is 4.79 Å². The minimum absolute atomic E-state index is 0.141. The number of rotatable bonds is 4. The number of esters is 1. The van der Waals surface area contributed by atoms with Crippen molar-refractivity contribution in [1.82, 2.24) is 0 Å². The smallest absolute Gasteiger partial charge is 0.340 e. The highest BCUT2D eigenvalue weighted by molar-refractivity contribution is 6.36. The molecule has 0 saturated carbocycles. The summed E-state index contributed by atoms with van der Waals surface area (Å²) in [6.07, 6.45) is 0. The Balaban J connectivity index is 1.93. The maximum atomic E-state index is 11.9. The van der Waals surface area contributed by atoms with E-state index in [2.05, 4.69) is 5.32 Å². The van der Waals surface area contributed by atoms with E-state index in [1.165, 1.54) is 18.2 Å². The van der Waals surface area contributed by atoms with Crippen LogP contribution in [0.2, 0.25) is 15.1 Å². The van der Waals surface area contributed by atoms with Crippen molar-refractivity contribution in [3.63, 3.8) is 0 Å². The number of carbonyl (C=O) groups is 2. The van der Waals surface area contributed by atoms with Gasteiger partial charge in [-0.05, 0) is 42.8 Å². The van der Waals surface area contributed by atoms with Crippen LogP contribution in [0.4, 0.5) is 5.69 Å². The van der Waals surface area contributed by atoms with E-state index in [1.807, 2.05) is 6.92 Å². The normalized spacial score (nSPS) is 10.3. The van der Waals surface area contributed by atoms with Crippen molar-refractivity contribution in [3.8, 4) is 0 Å². The van der Waals surface area contributed by atoms with Crippen LogP contribution in [0.5, 0.6) is 0 Å². The van der Waals surface area contributed by atoms with Gasteiger partial charge in [-0.15, -0.1) is 0 Å². The molecule has 0 fully saturated rings. The van der Waals surface area contributed by atoms with Gasteiger partial charge in [0.15, 0.2) is 6.61 Å². The SMILES string of the molecule is Cc1ccc(NC(=O)COC(=O)c2ccc(Cl)cc2Cl)cc1Cl. The van der Waals surface area contributed by atoms with Crippen LogP contribution in [0.1, 0.15) is 15.9 Å². The van der Waals surface area contributed by atoms with E-state index in [1.54, 1.807) is 18.2 Å². The zero-order valence-electron chi connectivity index (χ0n) is 12.0. The Morgan fingerprint density at radius 3 is 2.43 bits per heavy atom. The number of hydrogen-bond donors (Lipinski definition) is 1. The average Bonchev–Trinajstić information content (AvgIpc) is 2.48. The highest BCUT2D eigenvalue weighted by atomic mass is 35.5. The summed E-state index contributed by atoms with van der Waals surface area (Å²) in [5.74, 6) is -1.19. The lowest BCUT2D eigenvalue weighted by atomic mass is 10.2. The first-order chi connectivity index (χ1) is 10.9. The molecule has 120 valence electrons. The van der Waals surface area contributed by atoms with Gasteiger partial charge in [0.1, 0.15) is 0 Å². The number of aryl methyl sites for hydroxylation is 1. The van der Waals surface area contributed by atoms with Gasteiger partial charge < -0.3 is 10.1 Å². The maximum absolute atomic E-state index is 11.9. The monoisotopic (exact) mass is 371 g/mol. The Bertz CT molecular complexity index is 762. The molecule has 0 radical (unpaired) electrons. The number of carbonyl (C=O) groups excluding carboxylic acids is 2. The van der Waals surface area contributed by atoms with Gasteiger partial charge in [0, 0.05) is 15.7 Å². The molecule has 7 heteroatoms. The summed E-state index contributed by atoms with van der Waals surface area (Å²) in [5, 5.41) is 3.68. The van der Waals surface area contributed by atoms with Crippen molar-refractivity contribution in [2.75, 3.05) is 11.9 Å². The fourth-order valence-corrected chi connectivity index (χ4v) is 2.40. The summed E-state index contributed by atoms with van der Waals surface area (Å²) in [7, 11) is 0. The van der Waals surface area contributed by atoms with Crippen molar-refractivity contribution in [2.45, 2.75) is 6.92 Å². The Kier molecular flexibility index (Phi) is 5.88. The summed E-state index contributed by atoms with van der Waals surface area (Å²) in [6.45, 7) is 1.41. The molecule has 4 nitrogen and oxygen atoms in total.